The monoisotopic (exact) mass is 557 g/mol. The zero-order chi connectivity index (χ0) is 28.6. The first-order valence-electron chi connectivity index (χ1n) is 12.7. The maximum absolute atomic E-state index is 15.0. The van der Waals surface area contributed by atoms with E-state index in [9.17, 15) is 18.4 Å². The molecule has 0 unspecified atom stereocenters. The normalized spacial score (nSPS) is 17.8. The van der Waals surface area contributed by atoms with Crippen LogP contribution in [-0.2, 0) is 20.7 Å². The Kier molecular flexibility index (Phi) is 9.56. The lowest BCUT2D eigenvalue weighted by molar-refractivity contribution is -0.119. The number of primary amides is 2. The maximum Gasteiger partial charge on any atom is 0.404 e. The lowest BCUT2D eigenvalue weighted by atomic mass is 9.84. The minimum atomic E-state index is -1.11. The van der Waals surface area contributed by atoms with Crippen LogP contribution in [-0.4, -0.2) is 54.9 Å². The molecule has 6 N–H and O–H groups in total. The molecule has 3 atom stereocenters. The molecule has 0 radical (unpaired) electrons. The highest BCUT2D eigenvalue weighted by Gasteiger charge is 2.31. The van der Waals surface area contributed by atoms with E-state index in [2.05, 4.69) is 15.6 Å². The topological polar surface area (TPSA) is 142 Å². The highest BCUT2D eigenvalue weighted by atomic mass is 19.1. The van der Waals surface area contributed by atoms with E-state index in [-0.39, 0.29) is 43.0 Å². The van der Waals surface area contributed by atoms with Crippen molar-refractivity contribution < 1.29 is 32.2 Å². The number of nitrogens with two attached hydrogens (primary N) is 2. The lowest BCUT2D eigenvalue weighted by Crippen LogP contribution is -2.49. The number of ether oxygens (including phenoxy) is 2. The second-order valence-corrected chi connectivity index (χ2v) is 9.48. The summed E-state index contributed by atoms with van der Waals surface area (Å²) in [6.45, 7) is 0.804. The molecular weight excluding hydrogens is 527 g/mol. The van der Waals surface area contributed by atoms with Gasteiger partial charge in [-0.3, -0.25) is 9.78 Å². The molecule has 1 aliphatic rings. The zero-order valence-corrected chi connectivity index (χ0v) is 21.5. The Morgan fingerprint density at radius 2 is 1.65 bits per heavy atom. The SMILES string of the molecule is NC(=O)OC[C@@H]1CO[C@H](CCc2c(F)cncc2N[C@H](C(N)=O)C(c2ccc(F)cc2)c2ccc(F)cc2)CN1. The van der Waals surface area contributed by atoms with Crippen molar-refractivity contribution in [1.82, 2.24) is 10.3 Å². The molecule has 4 rings (SSSR count). The number of hydrogen-bond acceptors (Lipinski definition) is 7. The van der Waals surface area contributed by atoms with E-state index in [1.54, 1.807) is 0 Å². The number of nitrogens with zero attached hydrogens (tertiary/aromatic N) is 1. The standard InChI is InChI=1S/C28H30F3N5O4/c29-18-5-1-16(2-6-18)25(17-3-7-19(30)8-4-17)26(27(32)37)36-24-13-34-12-23(31)22(24)10-9-21-11-35-20(14-39-21)15-40-28(33)38/h1-8,12-13,20-21,25-26,35-36H,9-11,14-15H2,(H2,32,37)(H2,33,38)/t20-,21+,26-/m0/s1. The second kappa shape index (κ2) is 13.3. The average molecular weight is 558 g/mol. The van der Waals surface area contributed by atoms with Crippen LogP contribution in [0.5, 0.6) is 0 Å². The molecule has 0 bridgehead atoms. The van der Waals surface area contributed by atoms with Crippen LogP contribution in [0.25, 0.3) is 0 Å². The fourth-order valence-corrected chi connectivity index (χ4v) is 4.69. The molecule has 9 nitrogen and oxygen atoms in total. The predicted octanol–water partition coefficient (Wildman–Crippen LogP) is 2.98. The van der Waals surface area contributed by atoms with E-state index in [0.29, 0.717) is 24.1 Å². The number of rotatable bonds is 11. The van der Waals surface area contributed by atoms with Gasteiger partial charge >= 0.3 is 6.09 Å². The first-order valence-corrected chi connectivity index (χ1v) is 12.7. The molecule has 0 spiro atoms. The van der Waals surface area contributed by atoms with Crippen LogP contribution in [0.1, 0.15) is 29.0 Å². The molecule has 0 aliphatic carbocycles. The summed E-state index contributed by atoms with van der Waals surface area (Å²) in [6.07, 6.45) is 2.05. The zero-order valence-electron chi connectivity index (χ0n) is 21.5. The van der Waals surface area contributed by atoms with Gasteiger partial charge in [0.05, 0.1) is 36.8 Å². The highest BCUT2D eigenvalue weighted by Crippen LogP contribution is 2.32. The Morgan fingerprint density at radius 1 is 1.02 bits per heavy atom. The van der Waals surface area contributed by atoms with Crippen molar-refractivity contribution in [2.45, 2.75) is 36.9 Å². The van der Waals surface area contributed by atoms with Gasteiger partial charge in [0.2, 0.25) is 5.91 Å². The largest absolute Gasteiger partial charge is 0.448 e. The second-order valence-electron chi connectivity index (χ2n) is 9.48. The smallest absolute Gasteiger partial charge is 0.404 e. The van der Waals surface area contributed by atoms with Gasteiger partial charge in [-0.1, -0.05) is 24.3 Å². The number of amides is 2. The summed E-state index contributed by atoms with van der Waals surface area (Å²) in [7, 11) is 0. The minimum Gasteiger partial charge on any atom is -0.448 e. The first kappa shape index (κ1) is 28.8. The minimum absolute atomic E-state index is 0.0763. The van der Waals surface area contributed by atoms with Gasteiger partial charge in [0.25, 0.3) is 0 Å². The van der Waals surface area contributed by atoms with Crippen LogP contribution in [0.4, 0.5) is 23.7 Å². The van der Waals surface area contributed by atoms with Gasteiger partial charge in [-0.2, -0.15) is 0 Å². The van der Waals surface area contributed by atoms with E-state index in [1.165, 1.54) is 54.7 Å². The van der Waals surface area contributed by atoms with Gasteiger partial charge in [0, 0.05) is 18.0 Å². The van der Waals surface area contributed by atoms with Crippen LogP contribution in [0.3, 0.4) is 0 Å². The van der Waals surface area contributed by atoms with Crippen molar-refractivity contribution in [3.8, 4) is 0 Å². The quantitative estimate of drug-likeness (QED) is 0.284. The van der Waals surface area contributed by atoms with Crippen LogP contribution in [0.2, 0.25) is 0 Å². The summed E-state index contributed by atoms with van der Waals surface area (Å²) in [5.74, 6) is -3.01. The number of anilines is 1. The average Bonchev–Trinajstić information content (AvgIpc) is 2.93. The number of aromatic nitrogens is 1. The van der Waals surface area contributed by atoms with Crippen molar-refractivity contribution in [2.24, 2.45) is 11.5 Å². The van der Waals surface area contributed by atoms with E-state index < -0.39 is 41.4 Å². The van der Waals surface area contributed by atoms with Gasteiger partial charge in [0.1, 0.15) is 30.1 Å². The van der Waals surface area contributed by atoms with Crippen LogP contribution in [0, 0.1) is 17.5 Å². The predicted molar refractivity (Wildman–Crippen MR) is 141 cm³/mol. The van der Waals surface area contributed by atoms with Crippen LogP contribution >= 0.6 is 0 Å². The third-order valence-corrected chi connectivity index (χ3v) is 6.72. The van der Waals surface area contributed by atoms with Gasteiger partial charge in [-0.25, -0.2) is 18.0 Å². The Balaban J connectivity index is 1.54. The van der Waals surface area contributed by atoms with Crippen LogP contribution < -0.4 is 22.1 Å². The maximum atomic E-state index is 15.0. The number of benzene rings is 2. The summed E-state index contributed by atoms with van der Waals surface area (Å²) in [4.78, 5) is 27.5. The summed E-state index contributed by atoms with van der Waals surface area (Å²) in [5, 5.41) is 6.26. The molecule has 2 aromatic carbocycles. The molecule has 12 heteroatoms. The van der Waals surface area contributed by atoms with Crippen molar-refractivity contribution in [1.29, 1.82) is 0 Å². The van der Waals surface area contributed by atoms with E-state index in [4.69, 9.17) is 20.9 Å². The van der Waals surface area contributed by atoms with Crippen molar-refractivity contribution in [3.63, 3.8) is 0 Å². The van der Waals surface area contributed by atoms with Gasteiger partial charge in [-0.15, -0.1) is 0 Å². The van der Waals surface area contributed by atoms with Crippen molar-refractivity contribution >= 4 is 17.7 Å². The van der Waals surface area contributed by atoms with Crippen LogP contribution in [0.15, 0.2) is 60.9 Å². The van der Waals surface area contributed by atoms with Gasteiger partial charge in [0.15, 0.2) is 0 Å². The Morgan fingerprint density at radius 3 is 2.17 bits per heavy atom. The number of nitrogens with one attached hydrogen (secondary N) is 2. The number of pyridine rings is 1. The number of carbonyl (C=O) groups is 2. The van der Waals surface area contributed by atoms with Gasteiger partial charge < -0.3 is 31.6 Å². The molecule has 0 saturated carbocycles. The fourth-order valence-electron chi connectivity index (χ4n) is 4.69. The number of halogens is 3. The molecule has 2 heterocycles. The van der Waals surface area contributed by atoms with E-state index in [0.717, 1.165) is 6.20 Å². The highest BCUT2D eigenvalue weighted by molar-refractivity contribution is 5.85. The Hall–Kier alpha value is -4.16. The first-order chi connectivity index (χ1) is 19.2. The molecule has 1 saturated heterocycles. The summed E-state index contributed by atoms with van der Waals surface area (Å²) in [5.41, 5.74) is 12.4. The molecule has 1 fully saturated rings. The molecule has 1 aliphatic heterocycles. The third-order valence-electron chi connectivity index (χ3n) is 6.72. The summed E-state index contributed by atoms with van der Waals surface area (Å²) in [6, 6.07) is 9.75. The number of carbonyl (C=O) groups excluding carboxylic acids is 2. The van der Waals surface area contributed by atoms with E-state index in [1.807, 2.05) is 0 Å². The molecule has 40 heavy (non-hydrogen) atoms. The van der Waals surface area contributed by atoms with E-state index >= 15 is 4.39 Å². The number of morpholine rings is 1. The molecule has 212 valence electrons. The van der Waals surface area contributed by atoms with Crippen molar-refractivity contribution in [3.05, 3.63) is 95.1 Å². The molecule has 3 aromatic rings. The molecule has 2 amide bonds. The number of hydrogen-bond donors (Lipinski definition) is 4. The summed E-state index contributed by atoms with van der Waals surface area (Å²) < 4.78 is 53.0. The fraction of sp³-hybridized carbons (Fsp3) is 0.321. The lowest BCUT2D eigenvalue weighted by Gasteiger charge is -2.30. The molecular formula is C28H30F3N5O4. The Bertz CT molecular complexity index is 1260. The van der Waals surface area contributed by atoms with Gasteiger partial charge in [-0.05, 0) is 48.2 Å². The molecule has 1 aromatic heterocycles. The Labute approximate surface area is 229 Å². The van der Waals surface area contributed by atoms with Crippen molar-refractivity contribution in [2.75, 3.05) is 25.1 Å². The summed E-state index contributed by atoms with van der Waals surface area (Å²) >= 11 is 0. The third kappa shape index (κ3) is 7.48.